The number of fused-ring (bicyclic) bond motifs is 3. The molecule has 1 unspecified atom stereocenters. The molecule has 3 N–H and O–H groups in total. The summed E-state index contributed by atoms with van der Waals surface area (Å²) in [4.78, 5) is 11.3. The van der Waals surface area contributed by atoms with E-state index in [1.807, 2.05) is 69.3 Å². The van der Waals surface area contributed by atoms with E-state index in [4.69, 9.17) is 14.2 Å². The largest absolute Gasteiger partial charge is 0.488 e. The number of carboxylic acids is 1. The second-order valence-electron chi connectivity index (χ2n) is 9.61. The van der Waals surface area contributed by atoms with Crippen LogP contribution in [0.25, 0.3) is 0 Å². The number of carbonyl (C=O) groups is 1. The van der Waals surface area contributed by atoms with E-state index in [9.17, 15) is 15.0 Å². The van der Waals surface area contributed by atoms with E-state index in [0.29, 0.717) is 19.8 Å². The molecule has 0 saturated heterocycles. The lowest BCUT2D eigenvalue weighted by atomic mass is 10.0. The zero-order valence-electron chi connectivity index (χ0n) is 19.4. The number of hydrogen-bond acceptors (Lipinski definition) is 6. The molecule has 7 nitrogen and oxygen atoms in total. The standard InChI is InChI=1S/C26H33NO6/c1-16(19-10-7-11-20-21-22(25(29)30)24(21)33-23(19)20)32-14-18(28)12-27-26(2,3)15-31-13-17-8-5-4-6-9-17/h4-11,16,18,21-22,24,27-28H,12-15H2,1-3H3,(H,29,30)/t16-,18?,21-,22-,24-/m1/s1. The topological polar surface area (TPSA) is 97.3 Å². The molecule has 178 valence electrons. The van der Waals surface area contributed by atoms with Crippen molar-refractivity contribution in [3.05, 3.63) is 65.2 Å². The van der Waals surface area contributed by atoms with E-state index in [2.05, 4.69) is 5.32 Å². The highest BCUT2D eigenvalue weighted by Crippen LogP contribution is 2.59. The molecule has 2 aromatic carbocycles. The molecule has 0 spiro atoms. The van der Waals surface area contributed by atoms with Crippen LogP contribution in [-0.4, -0.2) is 53.7 Å². The molecule has 5 atom stereocenters. The first-order valence-electron chi connectivity index (χ1n) is 11.5. The maximum absolute atomic E-state index is 11.3. The number of β-amino-alcohol motifs (C(OH)–C–C–N with tert-alkyl or cyclic N) is 1. The first kappa shape index (κ1) is 23.7. The number of aliphatic carboxylic acids is 1. The summed E-state index contributed by atoms with van der Waals surface area (Å²) in [5.74, 6) is -0.584. The molecule has 2 aliphatic rings. The van der Waals surface area contributed by atoms with Crippen molar-refractivity contribution in [3.8, 4) is 5.75 Å². The number of aliphatic hydroxyl groups excluding tert-OH is 1. The van der Waals surface area contributed by atoms with Crippen molar-refractivity contribution in [3.63, 3.8) is 0 Å². The highest BCUT2D eigenvalue weighted by molar-refractivity contribution is 5.79. The van der Waals surface area contributed by atoms with Gasteiger partial charge in [-0.05, 0) is 26.3 Å². The Morgan fingerprint density at radius 3 is 2.67 bits per heavy atom. The average molecular weight is 456 g/mol. The maximum atomic E-state index is 11.3. The third-order valence-corrected chi connectivity index (χ3v) is 6.30. The molecule has 0 bridgehead atoms. The van der Waals surface area contributed by atoms with Crippen LogP contribution >= 0.6 is 0 Å². The Balaban J connectivity index is 1.21. The molecule has 0 amide bonds. The van der Waals surface area contributed by atoms with Gasteiger partial charge in [-0.2, -0.15) is 0 Å². The van der Waals surface area contributed by atoms with Crippen LogP contribution in [0.15, 0.2) is 48.5 Å². The number of nitrogens with one attached hydrogen (secondary N) is 1. The van der Waals surface area contributed by atoms with Gasteiger partial charge in [0.25, 0.3) is 0 Å². The first-order valence-corrected chi connectivity index (χ1v) is 11.5. The summed E-state index contributed by atoms with van der Waals surface area (Å²) in [5.41, 5.74) is 2.67. The van der Waals surface area contributed by atoms with Gasteiger partial charge < -0.3 is 29.7 Å². The van der Waals surface area contributed by atoms with Crippen molar-refractivity contribution in [2.24, 2.45) is 5.92 Å². The number of ether oxygens (including phenoxy) is 3. The van der Waals surface area contributed by atoms with Crippen LogP contribution in [-0.2, 0) is 20.9 Å². The fourth-order valence-corrected chi connectivity index (χ4v) is 4.37. The molecule has 33 heavy (non-hydrogen) atoms. The first-order chi connectivity index (χ1) is 15.8. The zero-order chi connectivity index (χ0) is 23.6. The smallest absolute Gasteiger partial charge is 0.311 e. The fraction of sp³-hybridized carbons (Fsp3) is 0.500. The summed E-state index contributed by atoms with van der Waals surface area (Å²) in [7, 11) is 0. The van der Waals surface area contributed by atoms with Crippen LogP contribution in [0.5, 0.6) is 5.75 Å². The van der Waals surface area contributed by atoms with Crippen LogP contribution < -0.4 is 10.1 Å². The van der Waals surface area contributed by atoms with Gasteiger partial charge in [0.05, 0.1) is 32.0 Å². The third-order valence-electron chi connectivity index (χ3n) is 6.30. The van der Waals surface area contributed by atoms with Gasteiger partial charge in [0.2, 0.25) is 0 Å². The predicted molar refractivity (Wildman–Crippen MR) is 123 cm³/mol. The molecule has 0 aromatic heterocycles. The van der Waals surface area contributed by atoms with Crippen LogP contribution in [0.2, 0.25) is 0 Å². The van der Waals surface area contributed by atoms with Crippen LogP contribution in [0, 0.1) is 5.92 Å². The van der Waals surface area contributed by atoms with Gasteiger partial charge in [0.1, 0.15) is 17.8 Å². The zero-order valence-corrected chi connectivity index (χ0v) is 19.4. The van der Waals surface area contributed by atoms with E-state index < -0.39 is 18.0 Å². The highest BCUT2D eigenvalue weighted by Gasteiger charge is 2.63. The van der Waals surface area contributed by atoms with E-state index in [0.717, 1.165) is 22.4 Å². The summed E-state index contributed by atoms with van der Waals surface area (Å²) in [6.45, 7) is 7.60. The number of aliphatic hydroxyl groups is 1. The Bertz CT molecular complexity index is 963. The van der Waals surface area contributed by atoms with Gasteiger partial charge >= 0.3 is 5.97 Å². The Hall–Kier alpha value is -2.45. The van der Waals surface area contributed by atoms with E-state index in [1.54, 1.807) is 0 Å². The normalized spacial score (nSPS) is 22.7. The Kier molecular flexibility index (Phi) is 7.05. The minimum atomic E-state index is -0.811. The fourth-order valence-electron chi connectivity index (χ4n) is 4.37. The summed E-state index contributed by atoms with van der Waals surface area (Å²) in [5, 5.41) is 23.0. The van der Waals surface area contributed by atoms with Crippen LogP contribution in [0.1, 0.15) is 49.5 Å². The molecule has 1 fully saturated rings. The summed E-state index contributed by atoms with van der Waals surface area (Å²) < 4.78 is 17.7. The van der Waals surface area contributed by atoms with Crippen molar-refractivity contribution in [2.45, 2.75) is 57.1 Å². The highest BCUT2D eigenvalue weighted by atomic mass is 16.5. The summed E-state index contributed by atoms with van der Waals surface area (Å²) in [6.07, 6.45) is -1.23. The molecule has 1 heterocycles. The number of hydrogen-bond donors (Lipinski definition) is 3. The van der Waals surface area contributed by atoms with E-state index in [-0.39, 0.29) is 30.3 Å². The van der Waals surface area contributed by atoms with Crippen LogP contribution in [0.4, 0.5) is 0 Å². The number of rotatable bonds is 12. The number of benzene rings is 2. The van der Waals surface area contributed by atoms with Gasteiger partial charge in [-0.3, -0.25) is 4.79 Å². The quantitative estimate of drug-likeness (QED) is 0.452. The van der Waals surface area contributed by atoms with Gasteiger partial charge in [-0.25, -0.2) is 0 Å². The average Bonchev–Trinajstić information content (AvgIpc) is 3.39. The number of carboxylic acid groups (broad SMARTS) is 1. The monoisotopic (exact) mass is 455 g/mol. The molecule has 7 heteroatoms. The summed E-state index contributed by atoms with van der Waals surface area (Å²) >= 11 is 0. The molecule has 1 saturated carbocycles. The van der Waals surface area contributed by atoms with Crippen molar-refractivity contribution >= 4 is 5.97 Å². The lowest BCUT2D eigenvalue weighted by Crippen LogP contribution is -2.47. The predicted octanol–water partition coefficient (Wildman–Crippen LogP) is 3.27. The van der Waals surface area contributed by atoms with Crippen molar-refractivity contribution < 1.29 is 29.2 Å². The summed E-state index contributed by atoms with van der Waals surface area (Å²) in [6, 6.07) is 15.8. The molecular formula is C26H33NO6. The second-order valence-corrected chi connectivity index (χ2v) is 9.61. The van der Waals surface area contributed by atoms with Crippen molar-refractivity contribution in [2.75, 3.05) is 19.8 Å². The van der Waals surface area contributed by atoms with Crippen LogP contribution in [0.3, 0.4) is 0 Å². The molecule has 4 rings (SSSR count). The van der Waals surface area contributed by atoms with E-state index >= 15 is 0 Å². The lowest BCUT2D eigenvalue weighted by molar-refractivity contribution is -0.139. The molecular weight excluding hydrogens is 422 g/mol. The molecule has 1 aliphatic carbocycles. The van der Waals surface area contributed by atoms with Gasteiger partial charge in [-0.1, -0.05) is 48.5 Å². The second kappa shape index (κ2) is 9.81. The van der Waals surface area contributed by atoms with Crippen molar-refractivity contribution in [1.29, 1.82) is 0 Å². The van der Waals surface area contributed by atoms with Crippen molar-refractivity contribution in [1.82, 2.24) is 5.32 Å². The van der Waals surface area contributed by atoms with Gasteiger partial charge in [-0.15, -0.1) is 0 Å². The van der Waals surface area contributed by atoms with E-state index in [1.165, 1.54) is 0 Å². The minimum absolute atomic E-state index is 0.0641. The Morgan fingerprint density at radius 1 is 1.18 bits per heavy atom. The lowest BCUT2D eigenvalue weighted by Gasteiger charge is -2.28. The van der Waals surface area contributed by atoms with Gasteiger partial charge in [0.15, 0.2) is 0 Å². The molecule has 2 aromatic rings. The minimum Gasteiger partial charge on any atom is -0.488 e. The maximum Gasteiger partial charge on any atom is 0.311 e. The van der Waals surface area contributed by atoms with Gasteiger partial charge in [0, 0.05) is 29.1 Å². The molecule has 0 radical (unpaired) electrons. The Labute approximate surface area is 194 Å². The number of para-hydroxylation sites is 1. The molecule has 1 aliphatic heterocycles. The SMILES string of the molecule is C[C@@H](OCC(O)CNC(C)(C)COCc1ccccc1)c1cccc2c1O[C@H]1[C@H](C(=O)O)[C@@H]21. The Morgan fingerprint density at radius 2 is 1.94 bits per heavy atom. The third kappa shape index (κ3) is 5.55.